The van der Waals surface area contributed by atoms with Crippen LogP contribution in [0.25, 0.3) is 0 Å². The molecule has 1 aliphatic rings. The van der Waals surface area contributed by atoms with E-state index in [9.17, 15) is 9.59 Å². The first-order chi connectivity index (χ1) is 11.6. The van der Waals surface area contributed by atoms with Gasteiger partial charge < -0.3 is 15.3 Å². The van der Waals surface area contributed by atoms with Crippen LogP contribution in [0.1, 0.15) is 23.2 Å². The van der Waals surface area contributed by atoms with Crippen LogP contribution in [0, 0.1) is 5.92 Å². The molecule has 1 aliphatic heterocycles. The van der Waals surface area contributed by atoms with Gasteiger partial charge in [-0.05, 0) is 37.1 Å². The number of piperidine rings is 1. The summed E-state index contributed by atoms with van der Waals surface area (Å²) in [6.07, 6.45) is 4.83. The van der Waals surface area contributed by atoms with E-state index >= 15 is 0 Å². The zero-order valence-electron chi connectivity index (χ0n) is 13.1. The average Bonchev–Trinajstić information content (AvgIpc) is 2.63. The van der Waals surface area contributed by atoms with Gasteiger partial charge in [-0.2, -0.15) is 0 Å². The number of aromatic carboxylic acids is 1. The summed E-state index contributed by atoms with van der Waals surface area (Å²) in [6.45, 7) is 1.44. The van der Waals surface area contributed by atoms with E-state index in [-0.39, 0.29) is 17.4 Å². The minimum Gasteiger partial charge on any atom is -0.478 e. The van der Waals surface area contributed by atoms with Crippen molar-refractivity contribution in [1.29, 1.82) is 0 Å². The van der Waals surface area contributed by atoms with Crippen molar-refractivity contribution in [2.75, 3.05) is 23.3 Å². The molecule has 24 heavy (non-hydrogen) atoms. The lowest BCUT2D eigenvalue weighted by molar-refractivity contribution is -0.120. The van der Waals surface area contributed by atoms with Crippen LogP contribution in [-0.2, 0) is 4.79 Å². The Morgan fingerprint density at radius 3 is 2.50 bits per heavy atom. The molecule has 1 saturated heterocycles. The van der Waals surface area contributed by atoms with Crippen molar-refractivity contribution in [1.82, 2.24) is 9.97 Å². The molecule has 0 saturated carbocycles. The maximum Gasteiger partial charge on any atom is 0.335 e. The summed E-state index contributed by atoms with van der Waals surface area (Å²) in [4.78, 5) is 33.9. The van der Waals surface area contributed by atoms with Gasteiger partial charge in [0.25, 0.3) is 0 Å². The van der Waals surface area contributed by atoms with Crippen molar-refractivity contribution < 1.29 is 14.7 Å². The number of aromatic nitrogens is 2. The first-order valence-electron chi connectivity index (χ1n) is 7.79. The third-order valence-corrected chi connectivity index (χ3v) is 4.08. The van der Waals surface area contributed by atoms with Gasteiger partial charge in [0.05, 0.1) is 5.56 Å². The average molecular weight is 326 g/mol. The molecule has 2 aromatic rings. The first kappa shape index (κ1) is 15.9. The van der Waals surface area contributed by atoms with E-state index in [4.69, 9.17) is 5.11 Å². The molecule has 3 rings (SSSR count). The van der Waals surface area contributed by atoms with Gasteiger partial charge in [0.15, 0.2) is 0 Å². The Morgan fingerprint density at radius 2 is 1.83 bits per heavy atom. The van der Waals surface area contributed by atoms with Gasteiger partial charge in [0, 0.05) is 37.1 Å². The molecule has 124 valence electrons. The minimum absolute atomic E-state index is 0.0776. The highest BCUT2D eigenvalue weighted by Crippen LogP contribution is 2.22. The second-order valence-corrected chi connectivity index (χ2v) is 5.69. The third kappa shape index (κ3) is 3.68. The maximum absolute atomic E-state index is 12.4. The van der Waals surface area contributed by atoms with Crippen molar-refractivity contribution >= 4 is 23.5 Å². The highest BCUT2D eigenvalue weighted by Gasteiger charge is 2.26. The number of carboxylic acids is 1. The Bertz CT molecular complexity index is 728. The molecule has 1 aromatic carbocycles. The number of hydrogen-bond acceptors (Lipinski definition) is 5. The van der Waals surface area contributed by atoms with Gasteiger partial charge >= 0.3 is 5.97 Å². The van der Waals surface area contributed by atoms with Gasteiger partial charge in [-0.1, -0.05) is 6.07 Å². The Morgan fingerprint density at radius 1 is 1.12 bits per heavy atom. The number of rotatable bonds is 4. The topological polar surface area (TPSA) is 95.4 Å². The summed E-state index contributed by atoms with van der Waals surface area (Å²) in [7, 11) is 0. The number of hydrogen-bond donors (Lipinski definition) is 2. The number of amides is 1. The molecule has 2 heterocycles. The molecule has 0 unspecified atom stereocenters. The molecular weight excluding hydrogens is 308 g/mol. The summed E-state index contributed by atoms with van der Waals surface area (Å²) in [5.74, 6) is -0.502. The Hall–Kier alpha value is -2.96. The quantitative estimate of drug-likeness (QED) is 0.892. The van der Waals surface area contributed by atoms with Crippen molar-refractivity contribution in [2.24, 2.45) is 5.92 Å². The standard InChI is InChI=1S/C17H18N4O3/c22-15(20-14-4-1-3-13(11-14)16(23)24)12-5-9-21(10-6-12)17-18-7-2-8-19-17/h1-4,7-8,11-12H,5-6,9-10H2,(H,20,22)(H,23,24). The molecular formula is C17H18N4O3. The first-order valence-corrected chi connectivity index (χ1v) is 7.79. The Balaban J connectivity index is 1.57. The Labute approximate surface area is 139 Å². The molecule has 1 fully saturated rings. The van der Waals surface area contributed by atoms with Crippen LogP contribution in [0.4, 0.5) is 11.6 Å². The zero-order valence-corrected chi connectivity index (χ0v) is 13.1. The van der Waals surface area contributed by atoms with Gasteiger partial charge in [0.2, 0.25) is 11.9 Å². The normalized spacial score (nSPS) is 15.1. The predicted molar refractivity (Wildman–Crippen MR) is 89.0 cm³/mol. The number of anilines is 2. The van der Waals surface area contributed by atoms with Crippen LogP contribution < -0.4 is 10.2 Å². The number of benzene rings is 1. The SMILES string of the molecule is O=C(O)c1cccc(NC(=O)C2CCN(c3ncccn3)CC2)c1. The highest BCUT2D eigenvalue weighted by atomic mass is 16.4. The lowest BCUT2D eigenvalue weighted by atomic mass is 9.96. The highest BCUT2D eigenvalue weighted by molar-refractivity contribution is 5.95. The molecule has 0 aliphatic carbocycles. The number of carbonyl (C=O) groups is 2. The molecule has 2 N–H and O–H groups in total. The predicted octanol–water partition coefficient (Wildman–Crippen LogP) is 2.03. The molecule has 0 radical (unpaired) electrons. The summed E-state index contributed by atoms with van der Waals surface area (Å²) < 4.78 is 0. The molecule has 0 spiro atoms. The van der Waals surface area contributed by atoms with E-state index < -0.39 is 5.97 Å². The zero-order chi connectivity index (χ0) is 16.9. The number of carboxylic acid groups (broad SMARTS) is 1. The second kappa shape index (κ2) is 7.08. The maximum atomic E-state index is 12.4. The number of nitrogens with zero attached hydrogens (tertiary/aromatic N) is 3. The number of carbonyl (C=O) groups excluding carboxylic acids is 1. The number of nitrogens with one attached hydrogen (secondary N) is 1. The molecule has 7 heteroatoms. The fraction of sp³-hybridized carbons (Fsp3) is 0.294. The van der Waals surface area contributed by atoms with Crippen molar-refractivity contribution in [3.8, 4) is 0 Å². The van der Waals surface area contributed by atoms with E-state index in [2.05, 4.69) is 20.2 Å². The third-order valence-electron chi connectivity index (χ3n) is 4.08. The van der Waals surface area contributed by atoms with E-state index in [0.717, 1.165) is 13.1 Å². The molecule has 7 nitrogen and oxygen atoms in total. The summed E-state index contributed by atoms with van der Waals surface area (Å²) in [5, 5.41) is 11.8. The van der Waals surface area contributed by atoms with Crippen LogP contribution >= 0.6 is 0 Å². The minimum atomic E-state index is -1.01. The molecule has 1 aromatic heterocycles. The monoisotopic (exact) mass is 326 g/mol. The van der Waals surface area contributed by atoms with Crippen LogP contribution in [-0.4, -0.2) is 40.0 Å². The van der Waals surface area contributed by atoms with Crippen LogP contribution in [0.2, 0.25) is 0 Å². The van der Waals surface area contributed by atoms with Gasteiger partial charge in [0.1, 0.15) is 0 Å². The smallest absolute Gasteiger partial charge is 0.335 e. The van der Waals surface area contributed by atoms with Crippen LogP contribution in [0.15, 0.2) is 42.7 Å². The van der Waals surface area contributed by atoms with E-state index in [1.807, 2.05) is 0 Å². The van der Waals surface area contributed by atoms with Crippen molar-refractivity contribution in [2.45, 2.75) is 12.8 Å². The second-order valence-electron chi connectivity index (χ2n) is 5.69. The van der Waals surface area contributed by atoms with Gasteiger partial charge in [-0.25, -0.2) is 14.8 Å². The molecule has 0 bridgehead atoms. The molecule has 0 atom stereocenters. The van der Waals surface area contributed by atoms with Gasteiger partial charge in [-0.3, -0.25) is 4.79 Å². The summed E-state index contributed by atoms with van der Waals surface area (Å²) >= 11 is 0. The summed E-state index contributed by atoms with van der Waals surface area (Å²) in [5.41, 5.74) is 0.664. The van der Waals surface area contributed by atoms with Crippen LogP contribution in [0.3, 0.4) is 0 Å². The van der Waals surface area contributed by atoms with E-state index in [1.165, 1.54) is 12.1 Å². The lowest BCUT2D eigenvalue weighted by Crippen LogP contribution is -2.39. The van der Waals surface area contributed by atoms with Gasteiger partial charge in [-0.15, -0.1) is 0 Å². The molecule has 1 amide bonds. The van der Waals surface area contributed by atoms with Crippen molar-refractivity contribution in [3.05, 3.63) is 48.3 Å². The van der Waals surface area contributed by atoms with Crippen molar-refractivity contribution in [3.63, 3.8) is 0 Å². The fourth-order valence-corrected chi connectivity index (χ4v) is 2.77. The van der Waals surface area contributed by atoms with E-state index in [1.54, 1.807) is 30.6 Å². The largest absolute Gasteiger partial charge is 0.478 e. The van der Waals surface area contributed by atoms with Crippen LogP contribution in [0.5, 0.6) is 0 Å². The van der Waals surface area contributed by atoms with E-state index in [0.29, 0.717) is 24.5 Å². The summed E-state index contributed by atoms with van der Waals surface area (Å²) in [6, 6.07) is 8.05. The Kier molecular flexibility index (Phi) is 4.69. The fourth-order valence-electron chi connectivity index (χ4n) is 2.77. The lowest BCUT2D eigenvalue weighted by Gasteiger charge is -2.31.